The number of rotatable bonds is 8. The molecule has 0 aliphatic rings. The molecule has 0 radical (unpaired) electrons. The number of anilines is 3. The fraction of sp³-hybridized carbons (Fsp3) is 0.263. The molecular formula is C19H23N3O3. The van der Waals surface area contributed by atoms with E-state index in [1.54, 1.807) is 0 Å². The zero-order valence-corrected chi connectivity index (χ0v) is 14.5. The van der Waals surface area contributed by atoms with Gasteiger partial charge in [-0.05, 0) is 49.4 Å². The summed E-state index contributed by atoms with van der Waals surface area (Å²) < 4.78 is 5.36. The molecule has 0 unspecified atom stereocenters. The van der Waals surface area contributed by atoms with Gasteiger partial charge in [0.05, 0.1) is 6.61 Å². The van der Waals surface area contributed by atoms with E-state index in [0.29, 0.717) is 19.6 Å². The molecule has 0 saturated heterocycles. The topological polar surface area (TPSA) is 79.5 Å². The van der Waals surface area contributed by atoms with E-state index < -0.39 is 0 Å². The fourth-order valence-corrected chi connectivity index (χ4v) is 2.26. The SMILES string of the molecule is CCOc1ccc(NC(=O)CCNc2cccc(NC(C)=O)c2)cc1. The summed E-state index contributed by atoms with van der Waals surface area (Å²) >= 11 is 0. The van der Waals surface area contributed by atoms with Gasteiger partial charge in [-0.2, -0.15) is 0 Å². The van der Waals surface area contributed by atoms with Crippen molar-refractivity contribution in [2.24, 2.45) is 0 Å². The van der Waals surface area contributed by atoms with Crippen molar-refractivity contribution in [1.82, 2.24) is 0 Å². The van der Waals surface area contributed by atoms with Crippen LogP contribution in [0.5, 0.6) is 5.75 Å². The number of ether oxygens (including phenoxy) is 1. The lowest BCUT2D eigenvalue weighted by atomic mass is 10.2. The lowest BCUT2D eigenvalue weighted by molar-refractivity contribution is -0.116. The molecule has 6 nitrogen and oxygen atoms in total. The maximum Gasteiger partial charge on any atom is 0.226 e. The second-order valence-corrected chi connectivity index (χ2v) is 5.44. The predicted octanol–water partition coefficient (Wildman–Crippen LogP) is 3.48. The van der Waals surface area contributed by atoms with Gasteiger partial charge < -0.3 is 20.7 Å². The van der Waals surface area contributed by atoms with Crippen LogP contribution >= 0.6 is 0 Å². The van der Waals surface area contributed by atoms with E-state index in [-0.39, 0.29) is 11.8 Å². The molecule has 0 aliphatic carbocycles. The van der Waals surface area contributed by atoms with Gasteiger partial charge in [0.1, 0.15) is 5.75 Å². The van der Waals surface area contributed by atoms with Crippen molar-refractivity contribution in [3.8, 4) is 5.75 Å². The number of hydrogen-bond acceptors (Lipinski definition) is 4. The van der Waals surface area contributed by atoms with Gasteiger partial charge in [-0.1, -0.05) is 6.07 Å². The lowest BCUT2D eigenvalue weighted by Gasteiger charge is -2.10. The highest BCUT2D eigenvalue weighted by Gasteiger charge is 2.03. The van der Waals surface area contributed by atoms with Crippen molar-refractivity contribution < 1.29 is 14.3 Å². The first kappa shape index (κ1) is 18.3. The van der Waals surface area contributed by atoms with Crippen LogP contribution in [0.3, 0.4) is 0 Å². The molecule has 132 valence electrons. The fourth-order valence-electron chi connectivity index (χ4n) is 2.26. The van der Waals surface area contributed by atoms with Crippen LogP contribution in [-0.4, -0.2) is 25.0 Å². The number of amides is 2. The summed E-state index contributed by atoms with van der Waals surface area (Å²) in [5.41, 5.74) is 2.30. The van der Waals surface area contributed by atoms with Gasteiger partial charge in [-0.3, -0.25) is 9.59 Å². The van der Waals surface area contributed by atoms with Crippen LogP contribution in [0.4, 0.5) is 17.1 Å². The molecule has 2 aromatic carbocycles. The molecule has 0 fully saturated rings. The maximum atomic E-state index is 12.0. The monoisotopic (exact) mass is 341 g/mol. The smallest absolute Gasteiger partial charge is 0.226 e. The Bertz CT molecular complexity index is 714. The number of nitrogens with one attached hydrogen (secondary N) is 3. The first-order chi connectivity index (χ1) is 12.1. The molecule has 0 aromatic heterocycles. The third-order valence-corrected chi connectivity index (χ3v) is 3.31. The summed E-state index contributed by atoms with van der Waals surface area (Å²) in [6, 6.07) is 14.6. The summed E-state index contributed by atoms with van der Waals surface area (Å²) in [6.45, 7) is 4.49. The van der Waals surface area contributed by atoms with Crippen molar-refractivity contribution in [2.75, 3.05) is 29.1 Å². The van der Waals surface area contributed by atoms with Crippen LogP contribution < -0.4 is 20.7 Å². The molecule has 0 bridgehead atoms. The average molecular weight is 341 g/mol. The summed E-state index contributed by atoms with van der Waals surface area (Å²) in [4.78, 5) is 23.1. The van der Waals surface area contributed by atoms with Crippen LogP contribution in [0.15, 0.2) is 48.5 Å². The molecule has 2 amide bonds. The van der Waals surface area contributed by atoms with Crippen molar-refractivity contribution in [2.45, 2.75) is 20.3 Å². The minimum Gasteiger partial charge on any atom is -0.494 e. The molecule has 25 heavy (non-hydrogen) atoms. The van der Waals surface area contributed by atoms with Gasteiger partial charge in [-0.15, -0.1) is 0 Å². The van der Waals surface area contributed by atoms with E-state index in [4.69, 9.17) is 4.74 Å². The Kier molecular flexibility index (Phi) is 6.83. The highest BCUT2D eigenvalue weighted by atomic mass is 16.5. The molecule has 0 saturated carbocycles. The summed E-state index contributed by atoms with van der Waals surface area (Å²) in [6.07, 6.45) is 0.331. The van der Waals surface area contributed by atoms with Gasteiger partial charge in [0, 0.05) is 37.0 Å². The van der Waals surface area contributed by atoms with Crippen molar-refractivity contribution in [3.63, 3.8) is 0 Å². The molecule has 0 atom stereocenters. The molecule has 0 aliphatic heterocycles. The predicted molar refractivity (Wildman–Crippen MR) is 100 cm³/mol. The Labute approximate surface area is 147 Å². The minimum atomic E-state index is -0.119. The summed E-state index contributed by atoms with van der Waals surface area (Å²) in [5.74, 6) is 0.586. The van der Waals surface area contributed by atoms with Gasteiger partial charge in [-0.25, -0.2) is 0 Å². The van der Waals surface area contributed by atoms with Gasteiger partial charge >= 0.3 is 0 Å². The summed E-state index contributed by atoms with van der Waals surface area (Å²) in [7, 11) is 0. The molecule has 0 spiro atoms. The van der Waals surface area contributed by atoms with E-state index in [0.717, 1.165) is 22.8 Å². The third kappa shape index (κ3) is 6.55. The molecule has 2 rings (SSSR count). The quantitative estimate of drug-likeness (QED) is 0.687. The van der Waals surface area contributed by atoms with Crippen LogP contribution in [0.25, 0.3) is 0 Å². The molecule has 3 N–H and O–H groups in total. The van der Waals surface area contributed by atoms with Crippen LogP contribution in [0, 0.1) is 0 Å². The van der Waals surface area contributed by atoms with Gasteiger partial charge in [0.2, 0.25) is 11.8 Å². The summed E-state index contributed by atoms with van der Waals surface area (Å²) in [5, 5.41) is 8.73. The highest BCUT2D eigenvalue weighted by molar-refractivity contribution is 5.91. The van der Waals surface area contributed by atoms with Crippen molar-refractivity contribution >= 4 is 28.9 Å². The number of carbonyl (C=O) groups is 2. The van der Waals surface area contributed by atoms with Crippen LogP contribution in [0.2, 0.25) is 0 Å². The number of carbonyl (C=O) groups excluding carboxylic acids is 2. The van der Waals surface area contributed by atoms with Gasteiger partial charge in [0.25, 0.3) is 0 Å². The third-order valence-electron chi connectivity index (χ3n) is 3.31. The Morgan fingerprint density at radius 1 is 0.960 bits per heavy atom. The number of hydrogen-bond donors (Lipinski definition) is 3. The average Bonchev–Trinajstić information content (AvgIpc) is 2.57. The van der Waals surface area contributed by atoms with E-state index in [2.05, 4.69) is 16.0 Å². The molecule has 6 heteroatoms. The van der Waals surface area contributed by atoms with Crippen LogP contribution in [0.1, 0.15) is 20.3 Å². The first-order valence-electron chi connectivity index (χ1n) is 8.21. The van der Waals surface area contributed by atoms with Gasteiger partial charge in [0.15, 0.2) is 0 Å². The van der Waals surface area contributed by atoms with E-state index in [1.165, 1.54) is 6.92 Å². The van der Waals surface area contributed by atoms with Crippen molar-refractivity contribution in [1.29, 1.82) is 0 Å². The second-order valence-electron chi connectivity index (χ2n) is 5.44. The van der Waals surface area contributed by atoms with E-state index >= 15 is 0 Å². The zero-order chi connectivity index (χ0) is 18.1. The molecule has 2 aromatic rings. The Morgan fingerprint density at radius 2 is 1.68 bits per heavy atom. The Balaban J connectivity index is 1.77. The second kappa shape index (κ2) is 9.32. The first-order valence-corrected chi connectivity index (χ1v) is 8.21. The minimum absolute atomic E-state index is 0.0744. The Hall–Kier alpha value is -3.02. The normalized spacial score (nSPS) is 10.0. The molecular weight excluding hydrogens is 318 g/mol. The van der Waals surface area contributed by atoms with Crippen LogP contribution in [-0.2, 0) is 9.59 Å². The standard InChI is InChI=1S/C19H23N3O3/c1-3-25-18-9-7-15(8-10-18)22-19(24)11-12-20-16-5-4-6-17(13-16)21-14(2)23/h4-10,13,20H,3,11-12H2,1-2H3,(H,21,23)(H,22,24). The maximum absolute atomic E-state index is 12.0. The zero-order valence-electron chi connectivity index (χ0n) is 14.5. The highest BCUT2D eigenvalue weighted by Crippen LogP contribution is 2.16. The largest absolute Gasteiger partial charge is 0.494 e. The van der Waals surface area contributed by atoms with Crippen molar-refractivity contribution in [3.05, 3.63) is 48.5 Å². The number of benzene rings is 2. The Morgan fingerprint density at radius 3 is 2.36 bits per heavy atom. The molecule has 0 heterocycles. The van der Waals surface area contributed by atoms with E-state index in [9.17, 15) is 9.59 Å². The lowest BCUT2D eigenvalue weighted by Crippen LogP contribution is -2.16. The van der Waals surface area contributed by atoms with E-state index in [1.807, 2.05) is 55.5 Å².